The highest BCUT2D eigenvalue weighted by atomic mass is 16.5. The number of hydrogen-bond donors (Lipinski definition) is 1. The van der Waals surface area contributed by atoms with Gasteiger partial charge in [0.2, 0.25) is 0 Å². The minimum atomic E-state index is -0.737. The fraction of sp³-hybridized carbons (Fsp3) is 0.700. The van der Waals surface area contributed by atoms with Gasteiger partial charge in [-0.1, -0.05) is 19.8 Å². The summed E-state index contributed by atoms with van der Waals surface area (Å²) >= 11 is 0. The largest absolute Gasteiger partial charge is 0.481 e. The van der Waals surface area contributed by atoms with Crippen molar-refractivity contribution in [1.29, 1.82) is 0 Å². The second-order valence-electron chi connectivity index (χ2n) is 3.96. The summed E-state index contributed by atoms with van der Waals surface area (Å²) in [5.74, 6) is 1.45. The van der Waals surface area contributed by atoms with Gasteiger partial charge in [-0.2, -0.15) is 0 Å². The number of aliphatic carboxylic acids is 1. The van der Waals surface area contributed by atoms with Gasteiger partial charge < -0.3 is 9.84 Å². The Hall–Kier alpha value is -1.01. The van der Waals surface area contributed by atoms with E-state index in [9.17, 15) is 4.79 Å². The van der Waals surface area contributed by atoms with Gasteiger partial charge >= 0.3 is 5.97 Å². The standard InChI is InChI=1S/C10H14O3/c1-4-5-13-6-7-8(9(11)12)10(7,2)3/h1,7-8H,5-6H2,2-3H3,(H,11,12). The molecule has 0 heterocycles. The molecule has 1 fully saturated rings. The smallest absolute Gasteiger partial charge is 0.307 e. The highest BCUT2D eigenvalue weighted by Crippen LogP contribution is 2.58. The van der Waals surface area contributed by atoms with Crippen molar-refractivity contribution < 1.29 is 14.6 Å². The molecule has 13 heavy (non-hydrogen) atoms. The van der Waals surface area contributed by atoms with E-state index in [4.69, 9.17) is 16.3 Å². The van der Waals surface area contributed by atoms with Crippen LogP contribution in [0.15, 0.2) is 0 Å². The van der Waals surface area contributed by atoms with Crippen LogP contribution in [0.2, 0.25) is 0 Å². The number of carboxylic acid groups (broad SMARTS) is 1. The van der Waals surface area contributed by atoms with Crippen LogP contribution in [-0.4, -0.2) is 24.3 Å². The van der Waals surface area contributed by atoms with Gasteiger partial charge in [-0.05, 0) is 5.41 Å². The summed E-state index contributed by atoms with van der Waals surface area (Å²) in [5.41, 5.74) is -0.138. The second-order valence-corrected chi connectivity index (χ2v) is 3.96. The highest BCUT2D eigenvalue weighted by molar-refractivity contribution is 5.75. The van der Waals surface area contributed by atoms with Gasteiger partial charge in [-0.3, -0.25) is 4.79 Å². The molecule has 1 aliphatic carbocycles. The lowest BCUT2D eigenvalue weighted by molar-refractivity contribution is -0.139. The van der Waals surface area contributed by atoms with E-state index in [0.29, 0.717) is 6.61 Å². The molecule has 0 aromatic carbocycles. The Kier molecular flexibility index (Phi) is 2.63. The average Bonchev–Trinajstić information content (AvgIpc) is 2.54. The van der Waals surface area contributed by atoms with Crippen molar-refractivity contribution in [2.45, 2.75) is 13.8 Å². The first-order chi connectivity index (χ1) is 6.01. The van der Waals surface area contributed by atoms with E-state index in [1.807, 2.05) is 13.8 Å². The van der Waals surface area contributed by atoms with E-state index in [-0.39, 0.29) is 23.9 Å². The SMILES string of the molecule is C#CCOCC1C(C(=O)O)C1(C)C. The Balaban J connectivity index is 2.38. The fourth-order valence-electron chi connectivity index (χ4n) is 1.79. The normalized spacial score (nSPS) is 29.3. The molecule has 1 saturated carbocycles. The van der Waals surface area contributed by atoms with Gasteiger partial charge in [-0.15, -0.1) is 6.42 Å². The lowest BCUT2D eigenvalue weighted by Gasteiger charge is -2.00. The molecule has 72 valence electrons. The van der Waals surface area contributed by atoms with Crippen LogP contribution in [0, 0.1) is 29.6 Å². The van der Waals surface area contributed by atoms with Crippen molar-refractivity contribution in [1.82, 2.24) is 0 Å². The number of terminal acetylenes is 1. The van der Waals surface area contributed by atoms with E-state index in [1.54, 1.807) is 0 Å². The minimum Gasteiger partial charge on any atom is -0.481 e. The molecule has 0 aromatic rings. The van der Waals surface area contributed by atoms with Crippen molar-refractivity contribution in [3.8, 4) is 12.3 Å². The van der Waals surface area contributed by atoms with Crippen LogP contribution in [0.1, 0.15) is 13.8 Å². The predicted molar refractivity (Wildman–Crippen MR) is 48.0 cm³/mol. The summed E-state index contributed by atoms with van der Waals surface area (Å²) in [4.78, 5) is 10.7. The Morgan fingerprint density at radius 3 is 2.69 bits per heavy atom. The third kappa shape index (κ3) is 1.84. The summed E-state index contributed by atoms with van der Waals surface area (Å²) in [6.07, 6.45) is 5.01. The van der Waals surface area contributed by atoms with Gasteiger partial charge in [0.25, 0.3) is 0 Å². The molecule has 0 aliphatic heterocycles. The number of carbonyl (C=O) groups is 1. The van der Waals surface area contributed by atoms with Crippen molar-refractivity contribution >= 4 is 5.97 Å². The molecule has 0 amide bonds. The number of carboxylic acids is 1. The van der Waals surface area contributed by atoms with Crippen LogP contribution in [0.3, 0.4) is 0 Å². The lowest BCUT2D eigenvalue weighted by Crippen LogP contribution is -2.04. The first-order valence-electron chi connectivity index (χ1n) is 4.25. The number of hydrogen-bond acceptors (Lipinski definition) is 2. The molecule has 2 atom stereocenters. The molecular weight excluding hydrogens is 168 g/mol. The average molecular weight is 182 g/mol. The van der Waals surface area contributed by atoms with Gasteiger partial charge in [0, 0.05) is 5.92 Å². The molecule has 0 saturated heterocycles. The zero-order valence-electron chi connectivity index (χ0n) is 7.91. The van der Waals surface area contributed by atoms with E-state index in [1.165, 1.54) is 0 Å². The van der Waals surface area contributed by atoms with Crippen LogP contribution in [0.25, 0.3) is 0 Å². The number of rotatable bonds is 4. The monoisotopic (exact) mass is 182 g/mol. The Morgan fingerprint density at radius 2 is 2.31 bits per heavy atom. The topological polar surface area (TPSA) is 46.5 Å². The van der Waals surface area contributed by atoms with Crippen molar-refractivity contribution in [2.24, 2.45) is 17.3 Å². The molecule has 0 spiro atoms. The summed E-state index contributed by atoms with van der Waals surface area (Å²) in [7, 11) is 0. The van der Waals surface area contributed by atoms with Crippen LogP contribution in [0.4, 0.5) is 0 Å². The maximum absolute atomic E-state index is 10.7. The van der Waals surface area contributed by atoms with Gasteiger partial charge in [0.1, 0.15) is 6.61 Å². The van der Waals surface area contributed by atoms with E-state index in [2.05, 4.69) is 5.92 Å². The first kappa shape index (κ1) is 10.1. The Morgan fingerprint density at radius 1 is 1.69 bits per heavy atom. The first-order valence-corrected chi connectivity index (χ1v) is 4.25. The van der Waals surface area contributed by atoms with Crippen LogP contribution < -0.4 is 0 Å². The molecular formula is C10H14O3. The molecule has 0 radical (unpaired) electrons. The molecule has 1 rings (SSSR count). The third-order valence-corrected chi connectivity index (χ3v) is 2.80. The highest BCUT2D eigenvalue weighted by Gasteiger charge is 2.61. The van der Waals surface area contributed by atoms with E-state index in [0.717, 1.165) is 0 Å². The predicted octanol–water partition coefficient (Wildman–Crippen LogP) is 0.993. The van der Waals surface area contributed by atoms with Crippen molar-refractivity contribution in [3.05, 3.63) is 0 Å². The van der Waals surface area contributed by atoms with Crippen molar-refractivity contribution in [3.63, 3.8) is 0 Å². The molecule has 3 nitrogen and oxygen atoms in total. The molecule has 2 unspecified atom stereocenters. The lowest BCUT2D eigenvalue weighted by atomic mass is 10.1. The number of ether oxygens (including phenoxy) is 1. The zero-order valence-corrected chi connectivity index (χ0v) is 7.91. The van der Waals surface area contributed by atoms with E-state index < -0.39 is 5.97 Å². The van der Waals surface area contributed by atoms with E-state index >= 15 is 0 Å². The van der Waals surface area contributed by atoms with Crippen molar-refractivity contribution in [2.75, 3.05) is 13.2 Å². The summed E-state index contributed by atoms with van der Waals surface area (Å²) in [5, 5.41) is 8.82. The van der Waals surface area contributed by atoms with Crippen LogP contribution in [-0.2, 0) is 9.53 Å². The molecule has 1 N–H and O–H groups in total. The quantitative estimate of drug-likeness (QED) is 0.521. The molecule has 1 aliphatic rings. The summed E-state index contributed by atoms with van der Waals surface area (Å²) in [6.45, 7) is 4.60. The molecule has 0 bridgehead atoms. The van der Waals surface area contributed by atoms with Gasteiger partial charge in [0.05, 0.1) is 12.5 Å². The van der Waals surface area contributed by atoms with Gasteiger partial charge in [0.15, 0.2) is 0 Å². The molecule has 3 heteroatoms. The maximum Gasteiger partial charge on any atom is 0.307 e. The van der Waals surface area contributed by atoms with Gasteiger partial charge in [-0.25, -0.2) is 0 Å². The maximum atomic E-state index is 10.7. The summed E-state index contributed by atoms with van der Waals surface area (Å²) < 4.78 is 5.12. The van der Waals surface area contributed by atoms with Crippen LogP contribution in [0.5, 0.6) is 0 Å². The second kappa shape index (κ2) is 3.39. The zero-order chi connectivity index (χ0) is 10.1. The fourth-order valence-corrected chi connectivity index (χ4v) is 1.79. The minimum absolute atomic E-state index is 0.110. The molecule has 0 aromatic heterocycles. The Bertz CT molecular complexity index is 249. The summed E-state index contributed by atoms with van der Waals surface area (Å²) in [6, 6.07) is 0. The van der Waals surface area contributed by atoms with Crippen LogP contribution >= 0.6 is 0 Å². The third-order valence-electron chi connectivity index (χ3n) is 2.80. The Labute approximate surface area is 78.1 Å².